The van der Waals surface area contributed by atoms with Crippen LogP contribution in [0.15, 0.2) is 48.7 Å². The summed E-state index contributed by atoms with van der Waals surface area (Å²) in [5.74, 6) is 0.0910. The number of amides is 2. The van der Waals surface area contributed by atoms with Crippen molar-refractivity contribution < 1.29 is 19.4 Å². The van der Waals surface area contributed by atoms with Gasteiger partial charge in [-0.1, -0.05) is 6.07 Å². The van der Waals surface area contributed by atoms with Crippen molar-refractivity contribution in [3.8, 4) is 11.6 Å². The minimum atomic E-state index is -0.749. The van der Waals surface area contributed by atoms with Gasteiger partial charge in [0, 0.05) is 24.0 Å². The quantitative estimate of drug-likeness (QED) is 0.760. The first-order valence-electron chi connectivity index (χ1n) is 8.59. The topological polar surface area (TPSA) is 101 Å². The molecule has 26 heavy (non-hydrogen) atoms. The van der Waals surface area contributed by atoms with Crippen LogP contribution in [0.2, 0.25) is 0 Å². The van der Waals surface area contributed by atoms with E-state index in [4.69, 9.17) is 9.84 Å². The van der Waals surface area contributed by atoms with E-state index in [-0.39, 0.29) is 18.0 Å². The fourth-order valence-electron chi connectivity index (χ4n) is 2.97. The lowest BCUT2D eigenvalue weighted by atomic mass is 9.86. The van der Waals surface area contributed by atoms with E-state index in [1.807, 2.05) is 12.1 Å². The number of carboxylic acid groups (broad SMARTS) is 1. The molecule has 1 aliphatic rings. The third kappa shape index (κ3) is 4.95. The molecule has 136 valence electrons. The van der Waals surface area contributed by atoms with E-state index in [1.165, 1.54) is 0 Å². The third-order valence-electron chi connectivity index (χ3n) is 4.38. The van der Waals surface area contributed by atoms with Crippen LogP contribution < -0.4 is 15.4 Å². The zero-order valence-corrected chi connectivity index (χ0v) is 14.2. The number of ether oxygens (including phenoxy) is 1. The Labute approximate surface area is 151 Å². The van der Waals surface area contributed by atoms with Crippen LogP contribution in [0.4, 0.5) is 10.5 Å². The number of nitrogens with one attached hydrogen (secondary N) is 2. The number of pyridine rings is 1. The second kappa shape index (κ2) is 8.33. The summed E-state index contributed by atoms with van der Waals surface area (Å²) in [5.41, 5.74) is 0.648. The minimum absolute atomic E-state index is 0.0114. The summed E-state index contributed by atoms with van der Waals surface area (Å²) in [6.45, 7) is 0. The molecule has 0 spiro atoms. The first-order chi connectivity index (χ1) is 12.6. The van der Waals surface area contributed by atoms with Crippen molar-refractivity contribution in [1.29, 1.82) is 0 Å². The van der Waals surface area contributed by atoms with Crippen LogP contribution in [-0.4, -0.2) is 28.1 Å². The Morgan fingerprint density at radius 3 is 2.38 bits per heavy atom. The Hall–Kier alpha value is -3.09. The number of anilines is 1. The smallest absolute Gasteiger partial charge is 0.319 e. The summed E-state index contributed by atoms with van der Waals surface area (Å²) in [6.07, 6.45) is 4.21. The molecule has 1 aromatic heterocycles. The van der Waals surface area contributed by atoms with Crippen molar-refractivity contribution in [2.24, 2.45) is 5.92 Å². The Kier molecular flexibility index (Phi) is 5.68. The van der Waals surface area contributed by atoms with Crippen LogP contribution in [0.5, 0.6) is 11.6 Å². The van der Waals surface area contributed by atoms with Gasteiger partial charge in [0.25, 0.3) is 0 Å². The van der Waals surface area contributed by atoms with Crippen LogP contribution in [0.1, 0.15) is 25.7 Å². The van der Waals surface area contributed by atoms with Crippen LogP contribution in [-0.2, 0) is 4.79 Å². The molecule has 2 amide bonds. The average Bonchev–Trinajstić information content (AvgIpc) is 2.64. The van der Waals surface area contributed by atoms with Gasteiger partial charge in [-0.3, -0.25) is 4.79 Å². The lowest BCUT2D eigenvalue weighted by Crippen LogP contribution is -2.40. The maximum atomic E-state index is 12.1. The molecule has 1 aromatic carbocycles. The number of aromatic nitrogens is 1. The second-order valence-corrected chi connectivity index (χ2v) is 6.28. The first-order valence-corrected chi connectivity index (χ1v) is 8.59. The van der Waals surface area contributed by atoms with Gasteiger partial charge in [-0.2, -0.15) is 0 Å². The highest BCUT2D eigenvalue weighted by molar-refractivity contribution is 5.89. The maximum Gasteiger partial charge on any atom is 0.319 e. The molecular formula is C19H21N3O4. The molecule has 1 saturated carbocycles. The summed E-state index contributed by atoms with van der Waals surface area (Å²) >= 11 is 0. The van der Waals surface area contributed by atoms with E-state index < -0.39 is 5.97 Å². The number of aliphatic carboxylic acids is 1. The molecule has 3 rings (SSSR count). The van der Waals surface area contributed by atoms with Crippen LogP contribution in [0.3, 0.4) is 0 Å². The zero-order chi connectivity index (χ0) is 18.4. The number of benzene rings is 1. The van der Waals surface area contributed by atoms with Gasteiger partial charge < -0.3 is 20.5 Å². The summed E-state index contributed by atoms with van der Waals surface area (Å²) in [4.78, 5) is 27.1. The normalized spacial score (nSPS) is 19.4. The molecule has 1 fully saturated rings. The Morgan fingerprint density at radius 2 is 1.77 bits per heavy atom. The van der Waals surface area contributed by atoms with Crippen LogP contribution in [0, 0.1) is 5.92 Å². The van der Waals surface area contributed by atoms with Crippen LogP contribution >= 0.6 is 0 Å². The highest BCUT2D eigenvalue weighted by Crippen LogP contribution is 2.25. The Morgan fingerprint density at radius 1 is 1.04 bits per heavy atom. The minimum Gasteiger partial charge on any atom is -0.481 e. The number of hydrogen-bond acceptors (Lipinski definition) is 4. The van der Waals surface area contributed by atoms with E-state index in [0.29, 0.717) is 43.0 Å². The summed E-state index contributed by atoms with van der Waals surface area (Å²) in [6, 6.07) is 12.1. The largest absolute Gasteiger partial charge is 0.481 e. The van der Waals surface area contributed by atoms with E-state index >= 15 is 0 Å². The summed E-state index contributed by atoms with van der Waals surface area (Å²) in [7, 11) is 0. The van der Waals surface area contributed by atoms with Crippen molar-refractivity contribution in [1.82, 2.24) is 10.3 Å². The number of nitrogens with zero attached hydrogens (tertiary/aromatic N) is 1. The van der Waals surface area contributed by atoms with Gasteiger partial charge in [-0.25, -0.2) is 9.78 Å². The number of urea groups is 1. The number of carbonyl (C=O) groups excluding carboxylic acids is 1. The molecule has 2 aromatic rings. The molecule has 7 nitrogen and oxygen atoms in total. The molecule has 3 N–H and O–H groups in total. The summed E-state index contributed by atoms with van der Waals surface area (Å²) < 4.78 is 5.60. The molecule has 1 heterocycles. The van der Waals surface area contributed by atoms with Crippen molar-refractivity contribution in [2.75, 3.05) is 5.32 Å². The van der Waals surface area contributed by atoms with Gasteiger partial charge in [0.05, 0.1) is 5.92 Å². The highest BCUT2D eigenvalue weighted by atomic mass is 16.5. The Balaban J connectivity index is 1.46. The van der Waals surface area contributed by atoms with Crippen molar-refractivity contribution >= 4 is 17.7 Å². The predicted octanol–water partition coefficient (Wildman–Crippen LogP) is 3.64. The number of carboxylic acids is 1. The molecule has 7 heteroatoms. The Bertz CT molecular complexity index is 741. The third-order valence-corrected chi connectivity index (χ3v) is 4.38. The monoisotopic (exact) mass is 355 g/mol. The average molecular weight is 355 g/mol. The van der Waals surface area contributed by atoms with Gasteiger partial charge in [-0.15, -0.1) is 0 Å². The maximum absolute atomic E-state index is 12.1. The van der Waals surface area contributed by atoms with Crippen molar-refractivity contribution in [3.63, 3.8) is 0 Å². The molecule has 0 aliphatic heterocycles. The fourth-order valence-corrected chi connectivity index (χ4v) is 2.97. The van der Waals surface area contributed by atoms with Gasteiger partial charge in [0.1, 0.15) is 5.75 Å². The van der Waals surface area contributed by atoms with Gasteiger partial charge in [0.2, 0.25) is 5.88 Å². The van der Waals surface area contributed by atoms with E-state index in [1.54, 1.807) is 36.5 Å². The molecule has 0 bridgehead atoms. The SMILES string of the molecule is O=C(Nc1ccc(Oc2ccccn2)cc1)NC1CCC(C(=O)O)CC1. The highest BCUT2D eigenvalue weighted by Gasteiger charge is 2.26. The van der Waals surface area contributed by atoms with Crippen LogP contribution in [0.25, 0.3) is 0 Å². The molecule has 0 unspecified atom stereocenters. The van der Waals surface area contributed by atoms with E-state index in [2.05, 4.69) is 15.6 Å². The molecule has 0 radical (unpaired) electrons. The molecular weight excluding hydrogens is 334 g/mol. The van der Waals surface area contributed by atoms with Gasteiger partial charge >= 0.3 is 12.0 Å². The number of hydrogen-bond donors (Lipinski definition) is 3. The van der Waals surface area contributed by atoms with Gasteiger partial charge in [0.15, 0.2) is 0 Å². The first kappa shape index (κ1) is 17.7. The van der Waals surface area contributed by atoms with E-state index in [9.17, 15) is 9.59 Å². The summed E-state index contributed by atoms with van der Waals surface area (Å²) in [5, 5.41) is 14.7. The number of carbonyl (C=O) groups is 2. The lowest BCUT2D eigenvalue weighted by Gasteiger charge is -2.26. The van der Waals surface area contributed by atoms with Gasteiger partial charge in [-0.05, 0) is 56.0 Å². The molecule has 0 saturated heterocycles. The fraction of sp³-hybridized carbons (Fsp3) is 0.316. The number of rotatable bonds is 5. The molecule has 1 aliphatic carbocycles. The van der Waals surface area contributed by atoms with Crippen molar-refractivity contribution in [2.45, 2.75) is 31.7 Å². The predicted molar refractivity (Wildman–Crippen MR) is 96.3 cm³/mol. The standard InChI is InChI=1S/C19H21N3O4/c23-18(24)13-4-6-14(7-5-13)21-19(25)22-15-8-10-16(11-9-15)26-17-3-1-2-12-20-17/h1-3,8-14H,4-7H2,(H,23,24)(H2,21,22,25). The van der Waals surface area contributed by atoms with E-state index in [0.717, 1.165) is 0 Å². The zero-order valence-electron chi connectivity index (χ0n) is 14.2. The lowest BCUT2D eigenvalue weighted by molar-refractivity contribution is -0.142. The van der Waals surface area contributed by atoms with Crippen molar-refractivity contribution in [3.05, 3.63) is 48.7 Å². The molecule has 0 atom stereocenters. The second-order valence-electron chi connectivity index (χ2n) is 6.28.